The molecule has 0 aromatic heterocycles. The van der Waals surface area contributed by atoms with E-state index in [0.29, 0.717) is 24.1 Å². The second-order valence-electron chi connectivity index (χ2n) is 1.46. The molecular formula is C4H3BN2O7S2. The molecule has 16 heavy (non-hydrogen) atoms. The number of hydrogen-bond donors (Lipinski definition) is 3. The highest BCUT2D eigenvalue weighted by Gasteiger charge is 2.16. The highest BCUT2D eigenvalue weighted by Crippen LogP contribution is 2.06. The smallest absolute Gasteiger partial charge is 0.473 e. The number of carboxylic acid groups (broad SMARTS) is 2. The summed E-state index contributed by atoms with van der Waals surface area (Å²) < 4.78 is 8.42. The van der Waals surface area contributed by atoms with E-state index in [9.17, 15) is 0 Å². The van der Waals surface area contributed by atoms with E-state index in [2.05, 4.69) is 8.20 Å². The number of hydrogen-bond acceptors (Lipinski definition) is 9. The Hall–Kier alpha value is -1.44. The van der Waals surface area contributed by atoms with Crippen LogP contribution in [-0.2, 0) is 17.8 Å². The lowest BCUT2D eigenvalue weighted by molar-refractivity contribution is -0.159. The van der Waals surface area contributed by atoms with E-state index in [0.717, 1.165) is 0 Å². The summed E-state index contributed by atoms with van der Waals surface area (Å²) >= 11 is 0.749. The summed E-state index contributed by atoms with van der Waals surface area (Å²) in [6.07, 6.45) is 0. The Balaban J connectivity index is 0. The SMILES string of the molecule is N#CSOB(O)OSC#N.O=C(O)C(=O)O. The summed E-state index contributed by atoms with van der Waals surface area (Å²) in [7, 11) is -1.55. The Labute approximate surface area is 98.1 Å². The molecular weight excluding hydrogens is 263 g/mol. The topological polar surface area (TPSA) is 161 Å². The molecule has 86 valence electrons. The van der Waals surface area contributed by atoms with E-state index in [-0.39, 0.29) is 0 Å². The minimum atomic E-state index is -1.82. The van der Waals surface area contributed by atoms with Crippen LogP contribution in [0.1, 0.15) is 0 Å². The van der Waals surface area contributed by atoms with Crippen molar-refractivity contribution in [3.05, 3.63) is 0 Å². The Morgan fingerprint density at radius 3 is 1.56 bits per heavy atom. The molecule has 0 amide bonds. The fourth-order valence-corrected chi connectivity index (χ4v) is 0.520. The van der Waals surface area contributed by atoms with E-state index in [1.807, 2.05) is 0 Å². The van der Waals surface area contributed by atoms with Crippen LogP contribution in [-0.4, -0.2) is 34.5 Å². The van der Waals surface area contributed by atoms with Crippen molar-refractivity contribution in [2.45, 2.75) is 0 Å². The van der Waals surface area contributed by atoms with Gasteiger partial charge in [0.2, 0.25) is 0 Å². The number of nitrogens with zero attached hydrogens (tertiary/aromatic N) is 2. The Kier molecular flexibility index (Phi) is 12.3. The van der Waals surface area contributed by atoms with Gasteiger partial charge >= 0.3 is 19.3 Å². The zero-order valence-electron chi connectivity index (χ0n) is 7.26. The fraction of sp³-hybridized carbons (Fsp3) is 0. The largest absolute Gasteiger partial charge is 0.661 e. The molecule has 0 heterocycles. The number of aliphatic carboxylic acids is 2. The maximum atomic E-state index is 9.10. The molecule has 9 nitrogen and oxygen atoms in total. The van der Waals surface area contributed by atoms with Gasteiger partial charge in [0, 0.05) is 0 Å². The van der Waals surface area contributed by atoms with E-state index in [1.54, 1.807) is 0 Å². The highest BCUT2D eigenvalue weighted by molar-refractivity contribution is 8.01. The first-order valence-corrected chi connectivity index (χ1v) is 4.51. The molecule has 0 aromatic rings. The van der Waals surface area contributed by atoms with Gasteiger partial charge in [-0.15, -0.1) is 0 Å². The molecule has 0 aliphatic rings. The molecule has 0 unspecified atom stereocenters. The summed E-state index contributed by atoms with van der Waals surface area (Å²) in [5.41, 5.74) is 0. The van der Waals surface area contributed by atoms with Gasteiger partial charge in [0.25, 0.3) is 0 Å². The van der Waals surface area contributed by atoms with E-state index in [1.165, 1.54) is 10.8 Å². The molecule has 0 saturated carbocycles. The van der Waals surface area contributed by atoms with Gasteiger partial charge in [0.1, 0.15) is 0 Å². The zero-order valence-corrected chi connectivity index (χ0v) is 8.90. The molecule has 12 heteroatoms. The molecule has 0 spiro atoms. The van der Waals surface area contributed by atoms with Crippen molar-refractivity contribution in [3.63, 3.8) is 0 Å². The van der Waals surface area contributed by atoms with Crippen LogP contribution in [0.15, 0.2) is 0 Å². The van der Waals surface area contributed by atoms with Crippen LogP contribution in [0.4, 0.5) is 0 Å². The highest BCUT2D eigenvalue weighted by atomic mass is 32.2. The molecule has 0 atom stereocenters. The first-order chi connectivity index (χ1) is 7.45. The molecule has 0 aliphatic heterocycles. The average molecular weight is 266 g/mol. The third kappa shape index (κ3) is 15.1. The van der Waals surface area contributed by atoms with Gasteiger partial charge in [-0.2, -0.15) is 10.5 Å². The van der Waals surface area contributed by atoms with Gasteiger partial charge < -0.3 is 23.4 Å². The summed E-state index contributed by atoms with van der Waals surface area (Å²) in [5, 5.41) is 42.2. The second-order valence-corrected chi connectivity index (χ2v) is 2.54. The number of carboxylic acids is 2. The second kappa shape index (κ2) is 11.6. The molecule has 0 aromatic carbocycles. The van der Waals surface area contributed by atoms with Crippen LogP contribution in [0.5, 0.6) is 0 Å². The Morgan fingerprint density at radius 2 is 1.38 bits per heavy atom. The van der Waals surface area contributed by atoms with Gasteiger partial charge in [0.15, 0.2) is 10.8 Å². The van der Waals surface area contributed by atoms with Crippen LogP contribution < -0.4 is 0 Å². The van der Waals surface area contributed by atoms with Gasteiger partial charge in [-0.1, -0.05) is 0 Å². The van der Waals surface area contributed by atoms with Crippen molar-refractivity contribution < 1.29 is 33.0 Å². The lowest BCUT2D eigenvalue weighted by Crippen LogP contribution is -2.14. The van der Waals surface area contributed by atoms with Crippen molar-refractivity contribution in [2.24, 2.45) is 0 Å². The van der Waals surface area contributed by atoms with Crippen molar-refractivity contribution in [1.29, 1.82) is 10.5 Å². The van der Waals surface area contributed by atoms with Crippen molar-refractivity contribution in [3.8, 4) is 10.8 Å². The molecule has 0 bridgehead atoms. The third-order valence-electron chi connectivity index (χ3n) is 0.518. The standard InChI is InChI=1S/C2HBN2O3S2.C2H2O4/c4-1-9-7-3(6)8-10-2-5;3-1(4)2(5)6/h6H;(H,3,4)(H,5,6). The zero-order chi connectivity index (χ0) is 13.0. The normalized spacial score (nSPS) is 7.69. The fourth-order valence-electron chi connectivity index (χ4n) is 0.141. The van der Waals surface area contributed by atoms with Crippen molar-refractivity contribution >= 4 is 43.3 Å². The number of nitriles is 2. The Bertz CT molecular complexity index is 282. The maximum Gasteiger partial charge on any atom is 0.661 e. The minimum Gasteiger partial charge on any atom is -0.473 e. The Morgan fingerprint density at radius 1 is 1.06 bits per heavy atom. The number of thiocyanates is 2. The summed E-state index contributed by atoms with van der Waals surface area (Å²) in [5.74, 6) is -3.65. The number of carbonyl (C=O) groups is 2. The minimum absolute atomic E-state index is 0.374. The third-order valence-corrected chi connectivity index (χ3v) is 1.19. The molecule has 0 rings (SSSR count). The molecule has 3 N–H and O–H groups in total. The van der Waals surface area contributed by atoms with E-state index >= 15 is 0 Å². The lowest BCUT2D eigenvalue weighted by Gasteiger charge is -1.96. The molecule has 0 saturated heterocycles. The quantitative estimate of drug-likeness (QED) is 0.258. The maximum absolute atomic E-state index is 9.10. The van der Waals surface area contributed by atoms with Gasteiger partial charge in [-0.05, 0) is 0 Å². The van der Waals surface area contributed by atoms with Crippen molar-refractivity contribution in [1.82, 2.24) is 0 Å². The first-order valence-electron chi connectivity index (χ1n) is 3.02. The van der Waals surface area contributed by atoms with Gasteiger partial charge in [-0.3, -0.25) is 0 Å². The van der Waals surface area contributed by atoms with Crippen LogP contribution in [0.2, 0.25) is 0 Å². The van der Waals surface area contributed by atoms with Gasteiger partial charge in [0.05, 0.1) is 24.1 Å². The lowest BCUT2D eigenvalue weighted by atomic mass is 10.3. The predicted molar refractivity (Wildman–Crippen MR) is 51.8 cm³/mol. The van der Waals surface area contributed by atoms with Crippen LogP contribution >= 0.6 is 24.1 Å². The molecule has 0 aliphatic carbocycles. The predicted octanol–water partition coefficient (Wildman–Crippen LogP) is -0.589. The monoisotopic (exact) mass is 266 g/mol. The summed E-state index contributed by atoms with van der Waals surface area (Å²) in [6.45, 7) is 0. The first kappa shape index (κ1) is 17.0. The van der Waals surface area contributed by atoms with Crippen molar-refractivity contribution in [2.75, 3.05) is 0 Å². The summed E-state index contributed by atoms with van der Waals surface area (Å²) in [6, 6.07) is 0. The molecule has 0 fully saturated rings. The van der Waals surface area contributed by atoms with Gasteiger partial charge in [-0.25, -0.2) is 9.59 Å². The van der Waals surface area contributed by atoms with Crippen LogP contribution in [0.25, 0.3) is 0 Å². The van der Waals surface area contributed by atoms with E-state index in [4.69, 9.17) is 35.3 Å². The average Bonchev–Trinajstić information content (AvgIpc) is 2.24. The van der Waals surface area contributed by atoms with E-state index < -0.39 is 19.3 Å². The molecule has 0 radical (unpaired) electrons. The van der Waals surface area contributed by atoms with Crippen LogP contribution in [0, 0.1) is 21.3 Å². The van der Waals surface area contributed by atoms with Crippen LogP contribution in [0.3, 0.4) is 0 Å². The summed E-state index contributed by atoms with van der Waals surface area (Å²) in [4.78, 5) is 18.2. The number of rotatable bonds is 4.